The van der Waals surface area contributed by atoms with E-state index in [9.17, 15) is 9.59 Å². The summed E-state index contributed by atoms with van der Waals surface area (Å²) < 4.78 is 0. The van der Waals surface area contributed by atoms with Crippen molar-refractivity contribution in [1.29, 1.82) is 0 Å². The van der Waals surface area contributed by atoms with Crippen molar-refractivity contribution >= 4 is 28.5 Å². The van der Waals surface area contributed by atoms with Gasteiger partial charge in [0, 0.05) is 19.0 Å². The van der Waals surface area contributed by atoms with E-state index in [0.717, 1.165) is 17.4 Å². The number of aromatic amines is 1. The monoisotopic (exact) mass is 349 g/mol. The van der Waals surface area contributed by atoms with Gasteiger partial charge in [-0.2, -0.15) is 0 Å². The van der Waals surface area contributed by atoms with E-state index in [-0.39, 0.29) is 11.7 Å². The lowest BCUT2D eigenvalue weighted by Crippen LogP contribution is -2.40. The lowest BCUT2D eigenvalue weighted by Gasteiger charge is -2.24. The smallest absolute Gasteiger partial charge is 0.240 e. The molecule has 1 aliphatic heterocycles. The Morgan fingerprint density at radius 2 is 2.00 bits per heavy atom. The molecule has 0 aliphatic carbocycles. The summed E-state index contributed by atoms with van der Waals surface area (Å²) in [5.74, 6) is 0.736. The number of ketones is 1. The summed E-state index contributed by atoms with van der Waals surface area (Å²) >= 11 is 0. The van der Waals surface area contributed by atoms with E-state index in [1.54, 1.807) is 6.07 Å². The van der Waals surface area contributed by atoms with Crippen molar-refractivity contribution in [1.82, 2.24) is 15.0 Å². The van der Waals surface area contributed by atoms with Crippen LogP contribution in [-0.4, -0.2) is 39.2 Å². The lowest BCUT2D eigenvalue weighted by atomic mass is 10.2. The zero-order chi connectivity index (χ0) is 18.3. The van der Waals surface area contributed by atoms with Crippen molar-refractivity contribution in [2.24, 2.45) is 5.73 Å². The highest BCUT2D eigenvalue weighted by Crippen LogP contribution is 2.32. The first-order valence-electron chi connectivity index (χ1n) is 8.57. The highest BCUT2D eigenvalue weighted by Gasteiger charge is 2.32. The number of carbonyl (C=O) groups is 2. The molecule has 132 valence electrons. The lowest BCUT2D eigenvalue weighted by molar-refractivity contribution is -0.119. The fraction of sp³-hybridized carbons (Fsp3) is 0.263. The van der Waals surface area contributed by atoms with Crippen molar-refractivity contribution in [3.8, 4) is 11.4 Å². The summed E-state index contributed by atoms with van der Waals surface area (Å²) in [4.78, 5) is 38.0. The van der Waals surface area contributed by atoms with Gasteiger partial charge in [0.15, 0.2) is 11.6 Å². The third-order valence-electron chi connectivity index (χ3n) is 4.73. The molecule has 0 spiro atoms. The van der Waals surface area contributed by atoms with Crippen molar-refractivity contribution in [2.45, 2.75) is 25.8 Å². The minimum absolute atomic E-state index is 0.0805. The normalized spacial score (nSPS) is 17.0. The fourth-order valence-electron chi connectivity index (χ4n) is 3.43. The van der Waals surface area contributed by atoms with Gasteiger partial charge in [0.25, 0.3) is 0 Å². The second-order valence-electron chi connectivity index (χ2n) is 6.49. The summed E-state index contributed by atoms with van der Waals surface area (Å²) in [6.07, 6.45) is 1.56. The van der Waals surface area contributed by atoms with Crippen LogP contribution >= 0.6 is 0 Å². The third-order valence-corrected chi connectivity index (χ3v) is 4.73. The molecule has 1 atom stereocenters. The van der Waals surface area contributed by atoms with Crippen LogP contribution in [0.5, 0.6) is 0 Å². The van der Waals surface area contributed by atoms with Gasteiger partial charge >= 0.3 is 0 Å². The number of nitrogens with zero attached hydrogens (tertiary/aromatic N) is 3. The number of hydrogen-bond donors (Lipinski definition) is 2. The predicted molar refractivity (Wildman–Crippen MR) is 98.9 cm³/mol. The molecule has 3 aromatic rings. The number of rotatable bonds is 4. The number of carbonyl (C=O) groups excluding carboxylic acids is 2. The molecule has 2 aromatic heterocycles. The van der Waals surface area contributed by atoms with Crippen molar-refractivity contribution in [3.05, 3.63) is 42.1 Å². The van der Waals surface area contributed by atoms with Gasteiger partial charge in [-0.05, 0) is 18.9 Å². The number of H-pyrrole nitrogens is 1. The predicted octanol–water partition coefficient (Wildman–Crippen LogP) is 2.28. The van der Waals surface area contributed by atoms with E-state index in [0.29, 0.717) is 35.9 Å². The van der Waals surface area contributed by atoms with Crippen LogP contribution in [0.2, 0.25) is 0 Å². The molecule has 7 nitrogen and oxygen atoms in total. The topological polar surface area (TPSA) is 105 Å². The Bertz CT molecular complexity index is 996. The van der Waals surface area contributed by atoms with Gasteiger partial charge in [-0.15, -0.1) is 0 Å². The number of hydrogen-bond acceptors (Lipinski definition) is 5. The number of nitrogens with one attached hydrogen (secondary N) is 1. The number of aromatic nitrogens is 3. The van der Waals surface area contributed by atoms with E-state index in [1.807, 2.05) is 35.2 Å². The van der Waals surface area contributed by atoms with E-state index < -0.39 is 6.04 Å². The number of benzene rings is 1. The maximum absolute atomic E-state index is 11.9. The first-order chi connectivity index (χ1) is 12.5. The van der Waals surface area contributed by atoms with Crippen LogP contribution in [0.25, 0.3) is 22.4 Å². The Kier molecular flexibility index (Phi) is 3.91. The van der Waals surface area contributed by atoms with E-state index in [1.165, 1.54) is 6.92 Å². The Labute approximate surface area is 150 Å². The summed E-state index contributed by atoms with van der Waals surface area (Å²) in [6, 6.07) is 11.0. The van der Waals surface area contributed by atoms with Crippen LogP contribution < -0.4 is 10.6 Å². The van der Waals surface area contributed by atoms with E-state index >= 15 is 0 Å². The molecule has 0 bridgehead atoms. The van der Waals surface area contributed by atoms with Gasteiger partial charge in [0.05, 0.1) is 11.1 Å². The summed E-state index contributed by atoms with van der Waals surface area (Å²) in [6.45, 7) is 2.19. The zero-order valence-electron chi connectivity index (χ0n) is 14.4. The Morgan fingerprint density at radius 3 is 2.69 bits per heavy atom. The average Bonchev–Trinajstić information content (AvgIpc) is 3.28. The highest BCUT2D eigenvalue weighted by molar-refractivity contribution is 6.01. The van der Waals surface area contributed by atoms with Crippen molar-refractivity contribution in [3.63, 3.8) is 0 Å². The minimum Gasteiger partial charge on any atom is -0.368 e. The maximum atomic E-state index is 11.9. The molecular weight excluding hydrogens is 330 g/mol. The molecule has 3 heterocycles. The number of fused-ring (bicyclic) bond motifs is 1. The van der Waals surface area contributed by atoms with Crippen LogP contribution in [0.1, 0.15) is 30.3 Å². The molecule has 1 amide bonds. The number of nitrogens with two attached hydrogens (primary N) is 1. The van der Waals surface area contributed by atoms with Crippen LogP contribution in [0.15, 0.2) is 36.4 Å². The number of Topliss-reactive ketones (excluding diaryl/α,β-unsaturated/α-hetero) is 1. The Hall–Kier alpha value is -3.22. The van der Waals surface area contributed by atoms with E-state index in [2.05, 4.69) is 9.97 Å². The molecule has 1 fully saturated rings. The molecule has 1 aromatic carbocycles. The Morgan fingerprint density at radius 1 is 1.23 bits per heavy atom. The van der Waals surface area contributed by atoms with E-state index in [4.69, 9.17) is 10.7 Å². The second-order valence-corrected chi connectivity index (χ2v) is 6.49. The maximum Gasteiger partial charge on any atom is 0.240 e. The quantitative estimate of drug-likeness (QED) is 0.703. The molecule has 1 saturated heterocycles. The fourth-order valence-corrected chi connectivity index (χ4v) is 3.43. The van der Waals surface area contributed by atoms with Crippen molar-refractivity contribution < 1.29 is 9.59 Å². The largest absolute Gasteiger partial charge is 0.368 e. The van der Waals surface area contributed by atoms with Gasteiger partial charge in [0.1, 0.15) is 17.5 Å². The number of amides is 1. The van der Waals surface area contributed by atoms with Gasteiger partial charge < -0.3 is 15.6 Å². The molecule has 0 radical (unpaired) electrons. The van der Waals surface area contributed by atoms with Crippen LogP contribution in [0, 0.1) is 0 Å². The molecule has 26 heavy (non-hydrogen) atoms. The third kappa shape index (κ3) is 2.71. The molecular formula is C19H19N5O2. The van der Waals surface area contributed by atoms with Gasteiger partial charge in [-0.3, -0.25) is 9.59 Å². The second kappa shape index (κ2) is 6.25. The summed E-state index contributed by atoms with van der Waals surface area (Å²) in [5.41, 5.74) is 7.50. The first-order valence-corrected chi connectivity index (χ1v) is 8.57. The van der Waals surface area contributed by atoms with Gasteiger partial charge in [-0.1, -0.05) is 30.3 Å². The van der Waals surface area contributed by atoms with Gasteiger partial charge in [0.2, 0.25) is 5.91 Å². The van der Waals surface area contributed by atoms with Crippen LogP contribution in [0.4, 0.5) is 5.82 Å². The number of primary amides is 1. The zero-order valence-corrected chi connectivity index (χ0v) is 14.4. The average molecular weight is 349 g/mol. The molecule has 4 rings (SSSR count). The minimum atomic E-state index is -0.396. The Balaban J connectivity index is 1.94. The summed E-state index contributed by atoms with van der Waals surface area (Å²) in [5, 5.41) is 0.725. The molecule has 7 heteroatoms. The van der Waals surface area contributed by atoms with Gasteiger partial charge in [-0.25, -0.2) is 9.97 Å². The molecule has 1 aliphatic rings. The highest BCUT2D eigenvalue weighted by atomic mass is 16.1. The van der Waals surface area contributed by atoms with Crippen LogP contribution in [0.3, 0.4) is 0 Å². The SMILES string of the molecule is CC(=O)c1cc2c(N3CCCC3C(N)=O)nc(-c3ccccc3)nc2[nH]1. The first kappa shape index (κ1) is 16.3. The van der Waals surface area contributed by atoms with Crippen LogP contribution in [-0.2, 0) is 4.79 Å². The van der Waals surface area contributed by atoms with Crippen molar-refractivity contribution in [2.75, 3.05) is 11.4 Å². The molecule has 0 saturated carbocycles. The molecule has 1 unspecified atom stereocenters. The summed E-state index contributed by atoms with van der Waals surface area (Å²) in [7, 11) is 0. The number of anilines is 1. The molecule has 3 N–H and O–H groups in total. The standard InChI is InChI=1S/C19H19N5O2/c1-11(25)14-10-13-18(21-14)22-17(12-6-3-2-4-7-12)23-19(13)24-9-5-8-15(24)16(20)26/h2-4,6-7,10,15H,5,8-9H2,1H3,(H2,20,26)(H,21,22,23).